The molecule has 2 rings (SSSR count). The van der Waals surface area contributed by atoms with Crippen LogP contribution in [0.15, 0.2) is 23.5 Å². The van der Waals surface area contributed by atoms with E-state index in [0.717, 1.165) is 44.6 Å². The van der Waals surface area contributed by atoms with Gasteiger partial charge < -0.3 is 10.2 Å². The van der Waals surface area contributed by atoms with Crippen LogP contribution in [0.25, 0.3) is 0 Å². The van der Waals surface area contributed by atoms with Crippen molar-refractivity contribution < 1.29 is 0 Å². The number of hydrogen-bond acceptors (Lipinski definition) is 2. The van der Waals surface area contributed by atoms with E-state index >= 15 is 0 Å². The summed E-state index contributed by atoms with van der Waals surface area (Å²) in [5.74, 6) is 1.82. The standard InChI is InChI=1S/C14H25N5/c1-3-15-14(18-9-4-6-13(2)12-18)16-8-11-19-10-5-7-17-19/h5,7,10,13H,3-4,6,8-9,11-12H2,1-2H3,(H,15,16). The molecular weight excluding hydrogens is 238 g/mol. The van der Waals surface area contributed by atoms with E-state index in [4.69, 9.17) is 4.99 Å². The number of rotatable bonds is 4. The quantitative estimate of drug-likeness (QED) is 0.662. The topological polar surface area (TPSA) is 45.5 Å². The Balaban J connectivity index is 1.90. The van der Waals surface area contributed by atoms with Gasteiger partial charge in [0.1, 0.15) is 0 Å². The van der Waals surface area contributed by atoms with E-state index in [1.165, 1.54) is 12.8 Å². The molecule has 1 saturated heterocycles. The minimum atomic E-state index is 0.767. The third kappa shape index (κ3) is 4.26. The first-order chi connectivity index (χ1) is 9.29. The van der Waals surface area contributed by atoms with Gasteiger partial charge in [-0.1, -0.05) is 6.92 Å². The van der Waals surface area contributed by atoms with E-state index < -0.39 is 0 Å². The third-order valence-electron chi connectivity index (χ3n) is 3.44. The lowest BCUT2D eigenvalue weighted by Crippen LogP contribution is -2.46. The van der Waals surface area contributed by atoms with Gasteiger partial charge >= 0.3 is 0 Å². The van der Waals surface area contributed by atoms with Crippen LogP contribution >= 0.6 is 0 Å². The fraction of sp³-hybridized carbons (Fsp3) is 0.714. The molecule has 0 bridgehead atoms. The molecule has 0 radical (unpaired) electrons. The highest BCUT2D eigenvalue weighted by Gasteiger charge is 2.18. The molecule has 5 nitrogen and oxygen atoms in total. The lowest BCUT2D eigenvalue weighted by atomic mass is 10.0. The Morgan fingerprint density at radius 3 is 3.11 bits per heavy atom. The maximum absolute atomic E-state index is 4.72. The Hall–Kier alpha value is -1.52. The molecule has 5 heteroatoms. The number of hydrogen-bond donors (Lipinski definition) is 1. The van der Waals surface area contributed by atoms with E-state index in [1.54, 1.807) is 6.20 Å². The molecule has 0 aromatic carbocycles. The van der Waals surface area contributed by atoms with Crippen LogP contribution in [0.5, 0.6) is 0 Å². The molecule has 0 spiro atoms. The van der Waals surface area contributed by atoms with Crippen LogP contribution in [-0.2, 0) is 6.54 Å². The van der Waals surface area contributed by atoms with E-state index in [0.29, 0.717) is 0 Å². The minimum absolute atomic E-state index is 0.767. The van der Waals surface area contributed by atoms with Gasteiger partial charge in [-0.25, -0.2) is 0 Å². The van der Waals surface area contributed by atoms with Crippen molar-refractivity contribution >= 4 is 5.96 Å². The SMILES string of the molecule is CCNC(=NCCn1cccn1)N1CCCC(C)C1. The first kappa shape index (κ1) is 13.9. The summed E-state index contributed by atoms with van der Waals surface area (Å²) in [5.41, 5.74) is 0. The summed E-state index contributed by atoms with van der Waals surface area (Å²) in [6.07, 6.45) is 6.39. The number of aliphatic imine (C=N–C) groups is 1. The second-order valence-electron chi connectivity index (χ2n) is 5.20. The molecule has 0 amide bonds. The van der Waals surface area contributed by atoms with Crippen molar-refractivity contribution in [3.05, 3.63) is 18.5 Å². The van der Waals surface area contributed by atoms with Crippen LogP contribution in [0, 0.1) is 5.92 Å². The molecule has 1 aliphatic rings. The number of aromatic nitrogens is 2. The van der Waals surface area contributed by atoms with Crippen molar-refractivity contribution in [1.29, 1.82) is 0 Å². The van der Waals surface area contributed by atoms with Gasteiger partial charge in [0, 0.05) is 32.0 Å². The van der Waals surface area contributed by atoms with Crippen molar-refractivity contribution in [2.45, 2.75) is 33.2 Å². The molecule has 1 N–H and O–H groups in total. The fourth-order valence-electron chi connectivity index (χ4n) is 2.50. The monoisotopic (exact) mass is 263 g/mol. The minimum Gasteiger partial charge on any atom is -0.357 e. The van der Waals surface area contributed by atoms with Gasteiger partial charge in [0.15, 0.2) is 5.96 Å². The van der Waals surface area contributed by atoms with Gasteiger partial charge in [0.25, 0.3) is 0 Å². The van der Waals surface area contributed by atoms with Gasteiger partial charge in [0.05, 0.1) is 13.1 Å². The van der Waals surface area contributed by atoms with Crippen LogP contribution in [0.2, 0.25) is 0 Å². The summed E-state index contributed by atoms with van der Waals surface area (Å²) in [7, 11) is 0. The largest absolute Gasteiger partial charge is 0.357 e. The molecular formula is C14H25N5. The van der Waals surface area contributed by atoms with Gasteiger partial charge in [-0.2, -0.15) is 5.10 Å². The number of piperidine rings is 1. The molecule has 1 aromatic heterocycles. The number of guanidine groups is 1. The molecule has 1 fully saturated rings. The zero-order chi connectivity index (χ0) is 13.5. The maximum atomic E-state index is 4.72. The Kier molecular flexibility index (Phi) is 5.24. The lowest BCUT2D eigenvalue weighted by Gasteiger charge is -2.33. The molecule has 0 saturated carbocycles. The highest BCUT2D eigenvalue weighted by molar-refractivity contribution is 5.80. The zero-order valence-corrected chi connectivity index (χ0v) is 12.0. The summed E-state index contributed by atoms with van der Waals surface area (Å²) in [4.78, 5) is 7.11. The van der Waals surface area contributed by atoms with E-state index in [-0.39, 0.29) is 0 Å². The van der Waals surface area contributed by atoms with Gasteiger partial charge in [0.2, 0.25) is 0 Å². The highest BCUT2D eigenvalue weighted by atomic mass is 15.3. The fourth-order valence-corrected chi connectivity index (χ4v) is 2.50. The second-order valence-corrected chi connectivity index (χ2v) is 5.20. The summed E-state index contributed by atoms with van der Waals surface area (Å²) < 4.78 is 1.92. The number of nitrogens with one attached hydrogen (secondary N) is 1. The van der Waals surface area contributed by atoms with Crippen molar-refractivity contribution in [1.82, 2.24) is 20.0 Å². The third-order valence-corrected chi connectivity index (χ3v) is 3.44. The summed E-state index contributed by atoms with van der Waals surface area (Å²) in [6, 6.07) is 1.95. The molecule has 2 heterocycles. The molecule has 1 unspecified atom stereocenters. The molecule has 1 aliphatic heterocycles. The van der Waals surface area contributed by atoms with Crippen molar-refractivity contribution in [2.75, 3.05) is 26.2 Å². The predicted molar refractivity (Wildman–Crippen MR) is 78.2 cm³/mol. The second kappa shape index (κ2) is 7.16. The number of likely N-dealkylation sites (tertiary alicyclic amines) is 1. The van der Waals surface area contributed by atoms with Crippen molar-refractivity contribution in [2.24, 2.45) is 10.9 Å². The van der Waals surface area contributed by atoms with Crippen LogP contribution < -0.4 is 5.32 Å². The molecule has 106 valence electrons. The normalized spacial score (nSPS) is 20.6. The van der Waals surface area contributed by atoms with E-state index in [1.807, 2.05) is 16.9 Å². The van der Waals surface area contributed by atoms with Gasteiger partial charge in [-0.05, 0) is 31.7 Å². The smallest absolute Gasteiger partial charge is 0.193 e. The summed E-state index contributed by atoms with van der Waals surface area (Å²) >= 11 is 0. The van der Waals surface area contributed by atoms with Crippen LogP contribution in [0.4, 0.5) is 0 Å². The zero-order valence-electron chi connectivity index (χ0n) is 12.0. The molecule has 19 heavy (non-hydrogen) atoms. The van der Waals surface area contributed by atoms with Crippen molar-refractivity contribution in [3.63, 3.8) is 0 Å². The summed E-state index contributed by atoms with van der Waals surface area (Å²) in [6.45, 7) is 9.22. The van der Waals surface area contributed by atoms with Crippen LogP contribution in [0.3, 0.4) is 0 Å². The first-order valence-corrected chi connectivity index (χ1v) is 7.30. The highest BCUT2D eigenvalue weighted by Crippen LogP contribution is 2.15. The van der Waals surface area contributed by atoms with E-state index in [2.05, 4.69) is 29.2 Å². The first-order valence-electron chi connectivity index (χ1n) is 7.30. The average molecular weight is 263 g/mol. The van der Waals surface area contributed by atoms with Gasteiger partial charge in [-0.3, -0.25) is 9.67 Å². The molecule has 1 atom stereocenters. The Morgan fingerprint density at radius 1 is 1.53 bits per heavy atom. The lowest BCUT2D eigenvalue weighted by molar-refractivity contribution is 0.266. The van der Waals surface area contributed by atoms with E-state index in [9.17, 15) is 0 Å². The van der Waals surface area contributed by atoms with Gasteiger partial charge in [-0.15, -0.1) is 0 Å². The molecule has 0 aliphatic carbocycles. The maximum Gasteiger partial charge on any atom is 0.193 e. The van der Waals surface area contributed by atoms with Crippen LogP contribution in [0.1, 0.15) is 26.7 Å². The number of nitrogens with zero attached hydrogens (tertiary/aromatic N) is 4. The average Bonchev–Trinajstić information content (AvgIpc) is 2.91. The van der Waals surface area contributed by atoms with Crippen molar-refractivity contribution in [3.8, 4) is 0 Å². The summed E-state index contributed by atoms with van der Waals surface area (Å²) in [5, 5.41) is 7.60. The molecule has 1 aromatic rings. The Labute approximate surface area is 115 Å². The Morgan fingerprint density at radius 2 is 2.42 bits per heavy atom. The predicted octanol–water partition coefficient (Wildman–Crippen LogP) is 1.58. The Bertz CT molecular complexity index is 385. The van der Waals surface area contributed by atoms with Crippen LogP contribution in [-0.4, -0.2) is 46.8 Å².